The number of nitrogens with one attached hydrogen (secondary N) is 2. The number of thiophene rings is 1. The van der Waals surface area contributed by atoms with Crippen LogP contribution < -0.4 is 15.6 Å². The molecule has 0 aliphatic heterocycles. The lowest BCUT2D eigenvalue weighted by molar-refractivity contribution is -0.128. The Labute approximate surface area is 154 Å². The largest absolute Gasteiger partial charge is 0.483 e. The van der Waals surface area contributed by atoms with E-state index in [1.54, 1.807) is 18.2 Å². The fraction of sp³-hybridized carbons (Fsp3) is 0.0667. The van der Waals surface area contributed by atoms with Gasteiger partial charge in [0.05, 0.1) is 4.47 Å². The summed E-state index contributed by atoms with van der Waals surface area (Å²) >= 11 is 8.18. The van der Waals surface area contributed by atoms with Crippen molar-refractivity contribution in [2.75, 3.05) is 6.61 Å². The number of carbonyl (C=O) groups is 2. The van der Waals surface area contributed by atoms with Crippen LogP contribution in [-0.2, 0) is 9.59 Å². The fourth-order valence-electron chi connectivity index (χ4n) is 1.49. The Morgan fingerprint density at radius 1 is 1.22 bits per heavy atom. The Balaban J connectivity index is 1.73. The third-order valence-corrected chi connectivity index (χ3v) is 4.47. The van der Waals surface area contributed by atoms with Gasteiger partial charge in [0.2, 0.25) is 0 Å². The van der Waals surface area contributed by atoms with Crippen LogP contribution in [0.4, 0.5) is 0 Å². The molecular weight excluding hydrogens is 448 g/mol. The van der Waals surface area contributed by atoms with Gasteiger partial charge in [-0.15, -0.1) is 11.3 Å². The number of amides is 2. The van der Waals surface area contributed by atoms with Gasteiger partial charge in [0.15, 0.2) is 6.61 Å². The second kappa shape index (κ2) is 8.85. The smallest absolute Gasteiger partial charge is 0.276 e. The van der Waals surface area contributed by atoms with Crippen molar-refractivity contribution in [2.45, 2.75) is 0 Å². The predicted molar refractivity (Wildman–Crippen MR) is 97.0 cm³/mol. The lowest BCUT2D eigenvalue weighted by Crippen LogP contribution is -2.43. The summed E-state index contributed by atoms with van der Waals surface area (Å²) < 4.78 is 6.98. The molecule has 0 atom stereocenters. The molecule has 0 radical (unpaired) electrons. The molecular formula is C15H12Br2N2O3S. The average Bonchev–Trinajstić information content (AvgIpc) is 3.03. The number of ether oxygens (including phenoxy) is 1. The molecule has 0 aliphatic carbocycles. The lowest BCUT2D eigenvalue weighted by atomic mass is 10.3. The van der Waals surface area contributed by atoms with Crippen molar-refractivity contribution in [3.05, 3.63) is 55.6 Å². The van der Waals surface area contributed by atoms with Crippen LogP contribution in [0.25, 0.3) is 6.08 Å². The zero-order valence-corrected chi connectivity index (χ0v) is 15.7. The molecule has 1 aromatic carbocycles. The Hall–Kier alpha value is -1.64. The SMILES string of the molecule is O=C(/C=C/c1cccs1)NNC(=O)COc1ccc(Br)cc1Br. The molecule has 8 heteroatoms. The molecule has 0 spiro atoms. The minimum absolute atomic E-state index is 0.213. The van der Waals surface area contributed by atoms with Crippen LogP contribution >= 0.6 is 43.2 Å². The fourth-order valence-corrected chi connectivity index (χ4v) is 3.27. The highest BCUT2D eigenvalue weighted by Crippen LogP contribution is 2.27. The third-order valence-electron chi connectivity index (χ3n) is 2.52. The van der Waals surface area contributed by atoms with Gasteiger partial charge in [-0.25, -0.2) is 0 Å². The van der Waals surface area contributed by atoms with E-state index >= 15 is 0 Å². The summed E-state index contributed by atoms with van der Waals surface area (Å²) in [6.07, 6.45) is 3.01. The van der Waals surface area contributed by atoms with E-state index in [2.05, 4.69) is 42.7 Å². The molecule has 2 aromatic rings. The zero-order valence-electron chi connectivity index (χ0n) is 11.7. The van der Waals surface area contributed by atoms with E-state index in [-0.39, 0.29) is 6.61 Å². The van der Waals surface area contributed by atoms with Crippen molar-refractivity contribution in [3.63, 3.8) is 0 Å². The first-order valence-corrected chi connectivity index (χ1v) is 8.89. The highest BCUT2D eigenvalue weighted by Gasteiger charge is 2.06. The van der Waals surface area contributed by atoms with Crippen molar-refractivity contribution < 1.29 is 14.3 Å². The van der Waals surface area contributed by atoms with E-state index in [0.29, 0.717) is 5.75 Å². The quantitative estimate of drug-likeness (QED) is 0.531. The number of benzene rings is 1. The predicted octanol–water partition coefficient (Wildman–Crippen LogP) is 3.51. The summed E-state index contributed by atoms with van der Waals surface area (Å²) in [5.41, 5.74) is 4.56. The molecule has 0 fully saturated rings. The number of hydrogen-bond donors (Lipinski definition) is 2. The van der Waals surface area contributed by atoms with E-state index in [1.807, 2.05) is 23.6 Å². The maximum atomic E-state index is 11.6. The van der Waals surface area contributed by atoms with E-state index in [0.717, 1.165) is 13.8 Å². The van der Waals surface area contributed by atoms with Gasteiger partial charge < -0.3 is 4.74 Å². The summed E-state index contributed by atoms with van der Waals surface area (Å²) in [5, 5.41) is 1.91. The highest BCUT2D eigenvalue weighted by molar-refractivity contribution is 9.11. The molecule has 2 N–H and O–H groups in total. The summed E-state index contributed by atoms with van der Waals surface area (Å²) in [4.78, 5) is 24.1. The molecule has 23 heavy (non-hydrogen) atoms. The van der Waals surface area contributed by atoms with Gasteiger partial charge in [-0.1, -0.05) is 22.0 Å². The van der Waals surface area contributed by atoms with E-state index in [4.69, 9.17) is 4.74 Å². The molecule has 0 aliphatic rings. The lowest BCUT2D eigenvalue weighted by Gasteiger charge is -2.09. The summed E-state index contributed by atoms with van der Waals surface area (Å²) in [6, 6.07) is 9.11. The van der Waals surface area contributed by atoms with Gasteiger partial charge in [0.1, 0.15) is 5.75 Å². The number of halogens is 2. The minimum Gasteiger partial charge on any atom is -0.483 e. The van der Waals surface area contributed by atoms with Gasteiger partial charge in [0, 0.05) is 15.4 Å². The van der Waals surface area contributed by atoms with Gasteiger partial charge in [-0.05, 0) is 51.7 Å². The van der Waals surface area contributed by atoms with E-state index in [9.17, 15) is 9.59 Å². The van der Waals surface area contributed by atoms with Crippen molar-refractivity contribution in [1.82, 2.24) is 10.9 Å². The second-order valence-electron chi connectivity index (χ2n) is 4.25. The molecule has 0 saturated carbocycles. The van der Waals surface area contributed by atoms with Crippen LogP contribution in [0.2, 0.25) is 0 Å². The number of hydrogen-bond acceptors (Lipinski definition) is 4. The van der Waals surface area contributed by atoms with Crippen LogP contribution in [0.1, 0.15) is 4.88 Å². The van der Waals surface area contributed by atoms with Crippen LogP contribution in [0.3, 0.4) is 0 Å². The topological polar surface area (TPSA) is 67.4 Å². The number of carbonyl (C=O) groups excluding carboxylic acids is 2. The first-order valence-electron chi connectivity index (χ1n) is 6.43. The molecule has 2 rings (SSSR count). The molecule has 5 nitrogen and oxygen atoms in total. The maximum absolute atomic E-state index is 11.6. The van der Waals surface area contributed by atoms with Crippen LogP contribution in [-0.4, -0.2) is 18.4 Å². The van der Waals surface area contributed by atoms with Gasteiger partial charge >= 0.3 is 0 Å². The van der Waals surface area contributed by atoms with Gasteiger partial charge in [0.25, 0.3) is 11.8 Å². The first-order chi connectivity index (χ1) is 11.0. The maximum Gasteiger partial charge on any atom is 0.276 e. The van der Waals surface area contributed by atoms with E-state index in [1.165, 1.54) is 17.4 Å². The van der Waals surface area contributed by atoms with Crippen LogP contribution in [0.5, 0.6) is 5.75 Å². The summed E-state index contributed by atoms with van der Waals surface area (Å²) in [7, 11) is 0. The molecule has 0 unspecified atom stereocenters. The second-order valence-corrected chi connectivity index (χ2v) is 7.00. The molecule has 1 heterocycles. The summed E-state index contributed by atoms with van der Waals surface area (Å²) in [6.45, 7) is -0.213. The molecule has 120 valence electrons. The highest BCUT2D eigenvalue weighted by atomic mass is 79.9. The monoisotopic (exact) mass is 458 g/mol. The molecule has 2 amide bonds. The average molecular weight is 460 g/mol. The van der Waals surface area contributed by atoms with Crippen molar-refractivity contribution in [3.8, 4) is 5.75 Å². The molecule has 0 bridgehead atoms. The molecule has 0 saturated heterocycles. The normalized spacial score (nSPS) is 10.5. The minimum atomic E-state index is -0.460. The van der Waals surface area contributed by atoms with Crippen molar-refractivity contribution in [2.24, 2.45) is 0 Å². The zero-order chi connectivity index (χ0) is 16.7. The Kier molecular flexibility index (Phi) is 6.82. The standard InChI is InChI=1S/C15H12Br2N2O3S/c16-10-3-5-13(12(17)8-10)22-9-15(21)19-18-14(20)6-4-11-2-1-7-23-11/h1-8H,9H2,(H,18,20)(H,19,21)/b6-4+. The van der Waals surface area contributed by atoms with Gasteiger partial charge in [-0.2, -0.15) is 0 Å². The number of hydrazine groups is 1. The first kappa shape index (κ1) is 17.7. The Morgan fingerprint density at radius 2 is 2.04 bits per heavy atom. The van der Waals surface area contributed by atoms with Crippen molar-refractivity contribution in [1.29, 1.82) is 0 Å². The summed E-state index contributed by atoms with van der Waals surface area (Å²) in [5.74, 6) is -0.346. The molecule has 1 aromatic heterocycles. The Morgan fingerprint density at radius 3 is 2.74 bits per heavy atom. The van der Waals surface area contributed by atoms with Crippen molar-refractivity contribution >= 4 is 61.1 Å². The van der Waals surface area contributed by atoms with Gasteiger partial charge in [-0.3, -0.25) is 20.4 Å². The third kappa shape index (κ3) is 6.17. The van der Waals surface area contributed by atoms with Crippen LogP contribution in [0.15, 0.2) is 50.7 Å². The van der Waals surface area contributed by atoms with Crippen LogP contribution in [0, 0.1) is 0 Å². The van der Waals surface area contributed by atoms with E-state index < -0.39 is 11.8 Å². The Bertz CT molecular complexity index is 718. The number of rotatable bonds is 5.